The Kier molecular flexibility index (Phi) is 6.34. The van der Waals surface area contributed by atoms with E-state index < -0.39 is 0 Å². The number of benzene rings is 2. The molecule has 7 nitrogen and oxygen atoms in total. The third-order valence-corrected chi connectivity index (χ3v) is 5.47. The van der Waals surface area contributed by atoms with Crippen LogP contribution in [-0.2, 0) is 6.61 Å². The number of hydrogen-bond acceptors (Lipinski definition) is 5. The zero-order valence-electron chi connectivity index (χ0n) is 17.5. The van der Waals surface area contributed by atoms with Gasteiger partial charge in [0.2, 0.25) is 5.69 Å². The maximum atomic E-state index is 13.3. The number of aromatic nitrogens is 1. The normalized spacial score (nSPS) is 11.6. The molecule has 0 atom stereocenters. The zero-order valence-corrected chi connectivity index (χ0v) is 19.1. The van der Waals surface area contributed by atoms with Crippen LogP contribution in [0.3, 0.4) is 0 Å². The molecule has 0 aliphatic carbocycles. The molecular formula is C24H21BrN3O4+. The SMILES string of the molecule is COc1ccccc1[NH+]=c1oc2c(C)ncc(CO)c2cc1C(=O)Nc1ccc(Br)cc1. The van der Waals surface area contributed by atoms with Crippen LogP contribution < -0.4 is 20.6 Å². The van der Waals surface area contributed by atoms with Gasteiger partial charge in [0.15, 0.2) is 16.9 Å². The molecule has 0 radical (unpaired) electrons. The predicted molar refractivity (Wildman–Crippen MR) is 124 cm³/mol. The van der Waals surface area contributed by atoms with Crippen LogP contribution in [0.1, 0.15) is 21.6 Å². The van der Waals surface area contributed by atoms with Crippen LogP contribution in [0.15, 0.2) is 69.7 Å². The lowest BCUT2D eigenvalue weighted by Gasteiger charge is -2.08. The van der Waals surface area contributed by atoms with E-state index in [0.717, 1.165) is 4.47 Å². The number of carbonyl (C=O) groups is 1. The molecule has 4 aromatic rings. The minimum atomic E-state index is -0.367. The largest absolute Gasteiger partial charge is 0.490 e. The second kappa shape index (κ2) is 9.33. The molecule has 2 aromatic heterocycles. The van der Waals surface area contributed by atoms with E-state index in [-0.39, 0.29) is 23.6 Å². The topological polar surface area (TPSA) is 98.6 Å². The fraction of sp³-hybridized carbons (Fsp3) is 0.125. The number of nitrogens with zero attached hydrogens (tertiary/aromatic N) is 1. The Bertz CT molecular complexity index is 1360. The van der Waals surface area contributed by atoms with Gasteiger partial charge in [0.05, 0.1) is 19.4 Å². The maximum Gasteiger partial charge on any atom is 0.385 e. The minimum absolute atomic E-state index is 0.230. The predicted octanol–water partition coefficient (Wildman–Crippen LogP) is 2.96. The number of carbonyl (C=O) groups excluding carboxylic acids is 1. The Labute approximate surface area is 192 Å². The number of para-hydroxylation sites is 2. The van der Waals surface area contributed by atoms with Gasteiger partial charge in [-0.3, -0.25) is 9.78 Å². The number of aliphatic hydroxyl groups excluding tert-OH is 1. The summed E-state index contributed by atoms with van der Waals surface area (Å²) in [6.07, 6.45) is 1.58. The monoisotopic (exact) mass is 494 g/mol. The van der Waals surface area contributed by atoms with Crippen molar-refractivity contribution < 1.29 is 24.0 Å². The Morgan fingerprint density at radius 3 is 2.69 bits per heavy atom. The summed E-state index contributed by atoms with van der Waals surface area (Å²) in [5.74, 6) is 0.231. The molecule has 0 saturated carbocycles. The molecule has 0 unspecified atom stereocenters. The number of nitrogens with one attached hydrogen (secondary N) is 2. The molecular weight excluding hydrogens is 474 g/mol. The number of aryl methyl sites for hydroxylation is 1. The molecule has 8 heteroatoms. The van der Waals surface area contributed by atoms with E-state index in [1.54, 1.807) is 38.4 Å². The van der Waals surface area contributed by atoms with Crippen molar-refractivity contribution in [2.75, 3.05) is 12.4 Å². The van der Waals surface area contributed by atoms with Crippen molar-refractivity contribution in [2.45, 2.75) is 13.5 Å². The summed E-state index contributed by atoms with van der Waals surface area (Å²) in [6.45, 7) is 1.58. The Balaban J connectivity index is 1.94. The van der Waals surface area contributed by atoms with E-state index in [9.17, 15) is 9.90 Å². The van der Waals surface area contributed by atoms with E-state index >= 15 is 0 Å². The Hall–Kier alpha value is -3.49. The molecule has 0 aliphatic heterocycles. The highest BCUT2D eigenvalue weighted by atomic mass is 79.9. The molecule has 1 amide bonds. The fourth-order valence-electron chi connectivity index (χ4n) is 3.29. The van der Waals surface area contributed by atoms with Crippen LogP contribution in [0, 0.1) is 6.92 Å². The van der Waals surface area contributed by atoms with Crippen molar-refractivity contribution in [3.63, 3.8) is 0 Å². The number of amides is 1. The number of fused-ring (bicyclic) bond motifs is 1. The third kappa shape index (κ3) is 4.42. The van der Waals surface area contributed by atoms with Crippen molar-refractivity contribution in [1.82, 2.24) is 4.98 Å². The summed E-state index contributed by atoms with van der Waals surface area (Å²) in [6, 6.07) is 16.3. The summed E-state index contributed by atoms with van der Waals surface area (Å²) in [5, 5.41) is 13.3. The summed E-state index contributed by atoms with van der Waals surface area (Å²) < 4.78 is 12.5. The number of halogens is 1. The molecule has 0 saturated heterocycles. The molecule has 0 spiro atoms. The number of ether oxygens (including phenoxy) is 1. The summed E-state index contributed by atoms with van der Waals surface area (Å²) in [7, 11) is 1.57. The highest BCUT2D eigenvalue weighted by Crippen LogP contribution is 2.22. The van der Waals surface area contributed by atoms with E-state index in [4.69, 9.17) is 9.15 Å². The van der Waals surface area contributed by atoms with Crippen LogP contribution in [-0.4, -0.2) is 23.1 Å². The second-order valence-corrected chi connectivity index (χ2v) is 7.96. The third-order valence-electron chi connectivity index (χ3n) is 4.94. The maximum absolute atomic E-state index is 13.3. The van der Waals surface area contributed by atoms with Crippen molar-refractivity contribution in [2.24, 2.45) is 0 Å². The number of hydrogen-bond donors (Lipinski definition) is 3. The smallest absolute Gasteiger partial charge is 0.385 e. The van der Waals surface area contributed by atoms with Gasteiger partial charge in [-0.05, 0) is 43.3 Å². The van der Waals surface area contributed by atoms with E-state index in [0.29, 0.717) is 39.4 Å². The lowest BCUT2D eigenvalue weighted by molar-refractivity contribution is -0.418. The van der Waals surface area contributed by atoms with Crippen LogP contribution in [0.2, 0.25) is 0 Å². The minimum Gasteiger partial charge on any atom is -0.490 e. The summed E-state index contributed by atoms with van der Waals surface area (Å²) in [5.41, 5.74) is 3.46. The van der Waals surface area contributed by atoms with Crippen LogP contribution >= 0.6 is 15.9 Å². The molecule has 2 aromatic carbocycles. The number of rotatable bonds is 5. The first-order chi connectivity index (χ1) is 15.5. The van der Waals surface area contributed by atoms with E-state index in [2.05, 4.69) is 31.2 Å². The van der Waals surface area contributed by atoms with Gasteiger partial charge in [-0.25, -0.2) is 0 Å². The van der Waals surface area contributed by atoms with Crippen LogP contribution in [0.4, 0.5) is 11.4 Å². The van der Waals surface area contributed by atoms with E-state index in [1.165, 1.54) is 0 Å². The van der Waals surface area contributed by atoms with Gasteiger partial charge in [0.1, 0.15) is 0 Å². The van der Waals surface area contributed by atoms with Crippen molar-refractivity contribution in [3.05, 3.63) is 87.6 Å². The molecule has 162 valence electrons. The molecule has 0 aliphatic rings. The number of aliphatic hydroxyl groups is 1. The molecule has 0 fully saturated rings. The van der Waals surface area contributed by atoms with E-state index in [1.807, 2.05) is 36.4 Å². The van der Waals surface area contributed by atoms with Gasteiger partial charge < -0.3 is 19.6 Å². The first kappa shape index (κ1) is 21.7. The molecule has 3 N–H and O–H groups in total. The van der Waals surface area contributed by atoms with Crippen LogP contribution in [0.5, 0.6) is 5.75 Å². The second-order valence-electron chi connectivity index (χ2n) is 7.05. The lowest BCUT2D eigenvalue weighted by atomic mass is 10.1. The van der Waals surface area contributed by atoms with Crippen LogP contribution in [0.25, 0.3) is 11.0 Å². The highest BCUT2D eigenvalue weighted by molar-refractivity contribution is 9.10. The molecule has 0 bridgehead atoms. The number of methoxy groups -OCH3 is 1. The number of pyridine rings is 1. The quantitative estimate of drug-likeness (QED) is 0.396. The van der Waals surface area contributed by atoms with Gasteiger partial charge >= 0.3 is 5.55 Å². The summed E-state index contributed by atoms with van der Waals surface area (Å²) >= 11 is 3.39. The van der Waals surface area contributed by atoms with Crippen molar-refractivity contribution in [3.8, 4) is 5.75 Å². The number of anilines is 1. The molecule has 2 heterocycles. The Morgan fingerprint density at radius 2 is 1.97 bits per heavy atom. The average molecular weight is 495 g/mol. The zero-order chi connectivity index (χ0) is 22.7. The van der Waals surface area contributed by atoms with Gasteiger partial charge in [-0.1, -0.05) is 28.1 Å². The summed E-state index contributed by atoms with van der Waals surface area (Å²) in [4.78, 5) is 20.7. The highest BCUT2D eigenvalue weighted by Gasteiger charge is 2.20. The first-order valence-electron chi connectivity index (χ1n) is 9.83. The first-order valence-corrected chi connectivity index (χ1v) is 10.6. The van der Waals surface area contributed by atoms with Gasteiger partial charge in [0.25, 0.3) is 5.91 Å². The lowest BCUT2D eigenvalue weighted by Crippen LogP contribution is -2.71. The molecule has 4 rings (SSSR count). The van der Waals surface area contributed by atoms with Crippen molar-refractivity contribution >= 4 is 44.2 Å². The van der Waals surface area contributed by atoms with Gasteiger partial charge in [0, 0.05) is 33.4 Å². The fourth-order valence-corrected chi connectivity index (χ4v) is 3.55. The molecule has 32 heavy (non-hydrogen) atoms. The standard InChI is InChI=1S/C24H20BrN3O4/c1-14-22-18(15(13-29)12-26-14)11-19(23(30)27-17-9-7-16(25)8-10-17)24(32-22)28-20-5-3-4-6-21(20)31-2/h3-12,29H,13H2,1-2H3,(H,27,30)/p+1. The van der Waals surface area contributed by atoms with Gasteiger partial charge in [-0.15, -0.1) is 0 Å². The average Bonchev–Trinajstić information content (AvgIpc) is 2.81. The van der Waals surface area contributed by atoms with Gasteiger partial charge in [-0.2, -0.15) is 4.99 Å². The van der Waals surface area contributed by atoms with Crippen molar-refractivity contribution in [1.29, 1.82) is 0 Å². The Morgan fingerprint density at radius 1 is 1.22 bits per heavy atom.